The fraction of sp³-hybridized carbons (Fsp3) is 0.455. The Labute approximate surface area is 89.0 Å². The summed E-state index contributed by atoms with van der Waals surface area (Å²) in [4.78, 5) is 1.76. The molecule has 1 heterocycles. The van der Waals surface area contributed by atoms with Crippen molar-refractivity contribution in [3.05, 3.63) is 17.7 Å². The number of aliphatic hydroxyl groups excluding tert-OH is 1. The van der Waals surface area contributed by atoms with Gasteiger partial charge in [-0.15, -0.1) is 0 Å². The molecule has 0 spiro atoms. The smallest absolute Gasteiger partial charge is 0.163 e. The predicted octanol–water partition coefficient (Wildman–Crippen LogP) is 1.15. The SMILES string of the molecule is Cc1cc2c(cc1N(C)CO)OCCO2. The molecule has 0 bridgehead atoms. The van der Waals surface area contributed by atoms with Gasteiger partial charge >= 0.3 is 0 Å². The lowest BCUT2D eigenvalue weighted by Crippen LogP contribution is -2.20. The molecule has 15 heavy (non-hydrogen) atoms. The van der Waals surface area contributed by atoms with Crippen LogP contribution in [-0.4, -0.2) is 32.1 Å². The van der Waals surface area contributed by atoms with Crippen LogP contribution in [0.5, 0.6) is 11.5 Å². The van der Waals surface area contributed by atoms with Gasteiger partial charge < -0.3 is 19.5 Å². The maximum atomic E-state index is 9.07. The second-order valence-electron chi connectivity index (χ2n) is 3.62. The lowest BCUT2D eigenvalue weighted by Gasteiger charge is -2.24. The van der Waals surface area contributed by atoms with E-state index in [1.165, 1.54) is 0 Å². The zero-order chi connectivity index (χ0) is 10.8. The van der Waals surface area contributed by atoms with Crippen LogP contribution < -0.4 is 14.4 Å². The van der Waals surface area contributed by atoms with Gasteiger partial charge in [-0.2, -0.15) is 0 Å². The molecule has 1 aromatic rings. The Hall–Kier alpha value is -1.42. The standard InChI is InChI=1S/C11H15NO3/c1-8-5-10-11(15-4-3-14-10)6-9(8)12(2)7-13/h5-6,13H,3-4,7H2,1-2H3. The molecule has 1 aliphatic heterocycles. The average Bonchev–Trinajstić information content (AvgIpc) is 2.27. The summed E-state index contributed by atoms with van der Waals surface area (Å²) in [6.07, 6.45) is 0. The molecule has 0 amide bonds. The van der Waals surface area contributed by atoms with E-state index in [-0.39, 0.29) is 6.73 Å². The number of ether oxygens (including phenoxy) is 2. The second-order valence-corrected chi connectivity index (χ2v) is 3.62. The molecule has 0 aromatic heterocycles. The zero-order valence-electron chi connectivity index (χ0n) is 8.99. The third-order valence-corrected chi connectivity index (χ3v) is 2.48. The number of nitrogens with zero attached hydrogens (tertiary/aromatic N) is 1. The van der Waals surface area contributed by atoms with Crippen molar-refractivity contribution in [1.82, 2.24) is 0 Å². The first-order chi connectivity index (χ1) is 7.22. The van der Waals surface area contributed by atoms with E-state index in [0.29, 0.717) is 13.2 Å². The van der Waals surface area contributed by atoms with Crippen molar-refractivity contribution < 1.29 is 14.6 Å². The van der Waals surface area contributed by atoms with Crippen LogP contribution in [0.4, 0.5) is 5.69 Å². The first-order valence-corrected chi connectivity index (χ1v) is 4.94. The number of aliphatic hydroxyl groups is 1. The topological polar surface area (TPSA) is 41.9 Å². The first kappa shape index (κ1) is 10.1. The summed E-state index contributed by atoms with van der Waals surface area (Å²) in [6.45, 7) is 3.15. The van der Waals surface area contributed by atoms with Crippen LogP contribution in [0.3, 0.4) is 0 Å². The minimum absolute atomic E-state index is 0.0134. The number of hydrogen-bond acceptors (Lipinski definition) is 4. The summed E-state index contributed by atoms with van der Waals surface area (Å²) in [5.74, 6) is 1.54. The van der Waals surface area contributed by atoms with Crippen LogP contribution in [0, 0.1) is 6.92 Å². The molecule has 0 fully saturated rings. The number of aryl methyl sites for hydroxylation is 1. The Bertz CT molecular complexity index is 365. The van der Waals surface area contributed by atoms with Crippen LogP contribution in [0.2, 0.25) is 0 Å². The van der Waals surface area contributed by atoms with Gasteiger partial charge in [0.1, 0.15) is 19.9 Å². The van der Waals surface area contributed by atoms with Crippen molar-refractivity contribution in [3.63, 3.8) is 0 Å². The Kier molecular flexibility index (Phi) is 2.68. The van der Waals surface area contributed by atoms with Crippen LogP contribution in [-0.2, 0) is 0 Å². The zero-order valence-corrected chi connectivity index (χ0v) is 8.99. The van der Waals surface area contributed by atoms with E-state index in [4.69, 9.17) is 14.6 Å². The molecule has 1 aliphatic rings. The van der Waals surface area contributed by atoms with Crippen LogP contribution in [0.15, 0.2) is 12.1 Å². The van der Waals surface area contributed by atoms with E-state index in [0.717, 1.165) is 22.7 Å². The molecule has 4 nitrogen and oxygen atoms in total. The van der Waals surface area contributed by atoms with Crippen LogP contribution in [0.1, 0.15) is 5.56 Å². The molecule has 82 valence electrons. The summed E-state index contributed by atoms with van der Waals surface area (Å²) >= 11 is 0. The predicted molar refractivity (Wildman–Crippen MR) is 57.7 cm³/mol. The molecular weight excluding hydrogens is 194 g/mol. The van der Waals surface area contributed by atoms with E-state index >= 15 is 0 Å². The highest BCUT2D eigenvalue weighted by atomic mass is 16.6. The summed E-state index contributed by atoms with van der Waals surface area (Å²) in [5.41, 5.74) is 2.03. The van der Waals surface area contributed by atoms with Gasteiger partial charge in [-0.25, -0.2) is 0 Å². The Morgan fingerprint density at radius 3 is 2.47 bits per heavy atom. The molecule has 0 saturated carbocycles. The van der Waals surface area contributed by atoms with E-state index < -0.39 is 0 Å². The Balaban J connectivity index is 2.40. The van der Waals surface area contributed by atoms with Gasteiger partial charge in [-0.3, -0.25) is 0 Å². The number of fused-ring (bicyclic) bond motifs is 1. The number of rotatable bonds is 2. The third kappa shape index (κ3) is 1.85. The molecule has 0 saturated heterocycles. The molecule has 0 radical (unpaired) electrons. The molecular formula is C11H15NO3. The van der Waals surface area contributed by atoms with Crippen molar-refractivity contribution in [3.8, 4) is 11.5 Å². The van der Waals surface area contributed by atoms with E-state index in [1.54, 1.807) is 4.90 Å². The molecule has 2 rings (SSSR count). The summed E-state index contributed by atoms with van der Waals surface area (Å²) in [5, 5.41) is 9.07. The quantitative estimate of drug-likeness (QED) is 0.742. The molecule has 1 N–H and O–H groups in total. The summed E-state index contributed by atoms with van der Waals surface area (Å²) in [6, 6.07) is 3.84. The maximum Gasteiger partial charge on any atom is 0.163 e. The lowest BCUT2D eigenvalue weighted by atomic mass is 10.1. The molecule has 0 aliphatic carbocycles. The normalized spacial score (nSPS) is 13.8. The lowest BCUT2D eigenvalue weighted by molar-refractivity contribution is 0.171. The molecule has 1 aromatic carbocycles. The van der Waals surface area contributed by atoms with E-state index in [2.05, 4.69) is 0 Å². The molecule has 4 heteroatoms. The molecule has 0 unspecified atom stereocenters. The van der Waals surface area contributed by atoms with Gasteiger partial charge in [0.25, 0.3) is 0 Å². The van der Waals surface area contributed by atoms with Crippen molar-refractivity contribution in [1.29, 1.82) is 0 Å². The van der Waals surface area contributed by atoms with Crippen molar-refractivity contribution >= 4 is 5.69 Å². The highest BCUT2D eigenvalue weighted by Gasteiger charge is 2.15. The largest absolute Gasteiger partial charge is 0.486 e. The highest BCUT2D eigenvalue weighted by Crippen LogP contribution is 2.36. The van der Waals surface area contributed by atoms with Gasteiger partial charge in [0, 0.05) is 18.8 Å². The maximum absolute atomic E-state index is 9.07. The monoisotopic (exact) mass is 209 g/mol. The minimum atomic E-state index is -0.0134. The van der Waals surface area contributed by atoms with Gasteiger partial charge in [0.2, 0.25) is 0 Å². The fourth-order valence-electron chi connectivity index (χ4n) is 1.67. The Morgan fingerprint density at radius 1 is 1.27 bits per heavy atom. The van der Waals surface area contributed by atoms with Crippen molar-refractivity contribution in [2.75, 3.05) is 31.9 Å². The second kappa shape index (κ2) is 3.98. The fourth-order valence-corrected chi connectivity index (χ4v) is 1.67. The van der Waals surface area contributed by atoms with Crippen LogP contribution in [0.25, 0.3) is 0 Å². The number of anilines is 1. The van der Waals surface area contributed by atoms with Crippen molar-refractivity contribution in [2.45, 2.75) is 6.92 Å². The highest BCUT2D eigenvalue weighted by molar-refractivity contribution is 5.61. The van der Waals surface area contributed by atoms with Gasteiger partial charge in [0.05, 0.1) is 0 Å². The van der Waals surface area contributed by atoms with Crippen LogP contribution >= 0.6 is 0 Å². The molecule has 0 atom stereocenters. The van der Waals surface area contributed by atoms with E-state index in [1.807, 2.05) is 26.1 Å². The number of benzene rings is 1. The van der Waals surface area contributed by atoms with Gasteiger partial charge in [-0.05, 0) is 18.6 Å². The first-order valence-electron chi connectivity index (χ1n) is 4.94. The van der Waals surface area contributed by atoms with E-state index in [9.17, 15) is 0 Å². The van der Waals surface area contributed by atoms with Gasteiger partial charge in [0.15, 0.2) is 11.5 Å². The Morgan fingerprint density at radius 2 is 1.87 bits per heavy atom. The third-order valence-electron chi connectivity index (χ3n) is 2.48. The van der Waals surface area contributed by atoms with Crippen molar-refractivity contribution in [2.24, 2.45) is 0 Å². The average molecular weight is 209 g/mol. The number of hydrogen-bond donors (Lipinski definition) is 1. The van der Waals surface area contributed by atoms with Gasteiger partial charge in [-0.1, -0.05) is 0 Å². The minimum Gasteiger partial charge on any atom is -0.486 e. The summed E-state index contributed by atoms with van der Waals surface area (Å²) in [7, 11) is 1.83. The summed E-state index contributed by atoms with van der Waals surface area (Å²) < 4.78 is 10.9.